The number of aromatic nitrogens is 4. The van der Waals surface area contributed by atoms with Crippen molar-refractivity contribution in [3.8, 4) is 0 Å². The summed E-state index contributed by atoms with van der Waals surface area (Å²) in [5, 5.41) is 5.46. The maximum absolute atomic E-state index is 13.0. The zero-order valence-electron chi connectivity index (χ0n) is 15.1. The number of piperidine rings is 1. The van der Waals surface area contributed by atoms with Crippen LogP contribution in [0.4, 0.5) is 0 Å². The molecule has 1 N–H and O–H groups in total. The summed E-state index contributed by atoms with van der Waals surface area (Å²) >= 11 is 0. The number of aromatic amines is 1. The van der Waals surface area contributed by atoms with E-state index in [9.17, 15) is 9.59 Å². The fourth-order valence-corrected chi connectivity index (χ4v) is 3.85. The second-order valence-corrected chi connectivity index (χ2v) is 6.87. The monoisotopic (exact) mass is 353 g/mol. The van der Waals surface area contributed by atoms with Crippen molar-refractivity contribution in [1.29, 1.82) is 0 Å². The summed E-state index contributed by atoms with van der Waals surface area (Å²) in [6.45, 7) is 3.86. The Bertz CT molecular complexity index is 980. The van der Waals surface area contributed by atoms with Gasteiger partial charge in [-0.25, -0.2) is 9.48 Å². The molecule has 1 saturated heterocycles. The predicted octanol–water partition coefficient (Wildman–Crippen LogP) is 2.10. The second kappa shape index (κ2) is 6.48. The maximum Gasteiger partial charge on any atom is 0.345 e. The number of para-hydroxylation sites is 1. The Morgan fingerprint density at radius 2 is 2.15 bits per heavy atom. The Morgan fingerprint density at radius 3 is 2.92 bits per heavy atom. The first-order valence-electron chi connectivity index (χ1n) is 9.09. The number of fused-ring (bicyclic) bond motifs is 1. The van der Waals surface area contributed by atoms with Gasteiger partial charge < -0.3 is 9.88 Å². The molecule has 1 atom stereocenters. The minimum atomic E-state index is -0.0958. The standard InChI is InChI=1S/C19H23N5O2/c1-3-24-17(21-22(2)19(24)26)14-8-6-10-23(12-14)18(25)16-11-13-7-4-5-9-15(13)20-16/h4-5,7,9,11,14,20H,3,6,8,10,12H2,1-2H3/t14-/m1/s1. The van der Waals surface area contributed by atoms with Crippen LogP contribution in [0.3, 0.4) is 0 Å². The molecule has 7 heteroatoms. The van der Waals surface area contributed by atoms with Crippen LogP contribution in [0.15, 0.2) is 35.1 Å². The van der Waals surface area contributed by atoms with Crippen molar-refractivity contribution >= 4 is 16.8 Å². The van der Waals surface area contributed by atoms with Gasteiger partial charge in [0.15, 0.2) is 0 Å². The van der Waals surface area contributed by atoms with E-state index in [-0.39, 0.29) is 17.5 Å². The van der Waals surface area contributed by atoms with E-state index in [0.29, 0.717) is 18.8 Å². The van der Waals surface area contributed by atoms with E-state index in [4.69, 9.17) is 0 Å². The van der Waals surface area contributed by atoms with Crippen LogP contribution in [-0.2, 0) is 13.6 Å². The smallest absolute Gasteiger partial charge is 0.345 e. The molecule has 26 heavy (non-hydrogen) atoms. The molecule has 1 aliphatic heterocycles. The summed E-state index contributed by atoms with van der Waals surface area (Å²) in [5.74, 6) is 0.882. The third-order valence-electron chi connectivity index (χ3n) is 5.19. The van der Waals surface area contributed by atoms with Gasteiger partial charge in [0.05, 0.1) is 0 Å². The Morgan fingerprint density at radius 1 is 1.35 bits per heavy atom. The number of hydrogen-bond acceptors (Lipinski definition) is 3. The molecule has 0 saturated carbocycles. The summed E-state index contributed by atoms with van der Waals surface area (Å²) in [4.78, 5) is 30.2. The minimum absolute atomic E-state index is 0.00669. The van der Waals surface area contributed by atoms with Crippen molar-refractivity contribution in [2.45, 2.75) is 32.2 Å². The summed E-state index contributed by atoms with van der Waals surface area (Å²) in [5.41, 5.74) is 1.48. The number of likely N-dealkylation sites (tertiary alicyclic amines) is 1. The normalized spacial score (nSPS) is 17.8. The lowest BCUT2D eigenvalue weighted by molar-refractivity contribution is 0.0698. The first kappa shape index (κ1) is 16.6. The van der Waals surface area contributed by atoms with Crippen molar-refractivity contribution in [2.24, 2.45) is 7.05 Å². The number of carbonyl (C=O) groups excluding carboxylic acids is 1. The van der Waals surface area contributed by atoms with Crippen molar-refractivity contribution in [3.63, 3.8) is 0 Å². The van der Waals surface area contributed by atoms with Crippen molar-refractivity contribution < 1.29 is 4.79 Å². The molecule has 3 heterocycles. The molecular weight excluding hydrogens is 330 g/mol. The second-order valence-electron chi connectivity index (χ2n) is 6.87. The van der Waals surface area contributed by atoms with Gasteiger partial charge in [-0.2, -0.15) is 5.10 Å². The summed E-state index contributed by atoms with van der Waals surface area (Å²) in [6.07, 6.45) is 1.85. The summed E-state index contributed by atoms with van der Waals surface area (Å²) in [6, 6.07) is 9.79. The van der Waals surface area contributed by atoms with Gasteiger partial charge in [0.2, 0.25) is 0 Å². The lowest BCUT2D eigenvalue weighted by Gasteiger charge is -2.32. The molecule has 1 aliphatic rings. The lowest BCUT2D eigenvalue weighted by Crippen LogP contribution is -2.40. The highest BCUT2D eigenvalue weighted by Gasteiger charge is 2.29. The number of nitrogens with zero attached hydrogens (tertiary/aromatic N) is 4. The molecule has 1 fully saturated rings. The fraction of sp³-hybridized carbons (Fsp3) is 0.421. The van der Waals surface area contributed by atoms with Crippen LogP contribution in [-0.4, -0.2) is 43.2 Å². The molecule has 1 amide bonds. The van der Waals surface area contributed by atoms with E-state index in [1.165, 1.54) is 4.68 Å². The number of aryl methyl sites for hydroxylation is 1. The minimum Gasteiger partial charge on any atom is -0.351 e. The number of H-pyrrole nitrogens is 1. The van der Waals surface area contributed by atoms with Gasteiger partial charge in [0, 0.05) is 43.5 Å². The van der Waals surface area contributed by atoms with Crippen LogP contribution in [0.1, 0.15) is 42.0 Å². The Hall–Kier alpha value is -2.83. The van der Waals surface area contributed by atoms with Crippen LogP contribution in [0.25, 0.3) is 10.9 Å². The lowest BCUT2D eigenvalue weighted by atomic mass is 9.97. The molecule has 136 valence electrons. The largest absolute Gasteiger partial charge is 0.351 e. The Kier molecular flexibility index (Phi) is 4.14. The van der Waals surface area contributed by atoms with Crippen LogP contribution < -0.4 is 5.69 Å². The molecular formula is C19H23N5O2. The van der Waals surface area contributed by atoms with Crippen molar-refractivity contribution in [2.75, 3.05) is 13.1 Å². The van der Waals surface area contributed by atoms with E-state index in [1.54, 1.807) is 11.6 Å². The highest BCUT2D eigenvalue weighted by atomic mass is 16.2. The zero-order valence-corrected chi connectivity index (χ0v) is 15.1. The quantitative estimate of drug-likeness (QED) is 0.783. The van der Waals surface area contributed by atoms with Crippen molar-refractivity contribution in [3.05, 3.63) is 52.3 Å². The number of carbonyl (C=O) groups is 1. The zero-order chi connectivity index (χ0) is 18.3. The average molecular weight is 353 g/mol. The van der Waals surface area contributed by atoms with Crippen molar-refractivity contribution in [1.82, 2.24) is 24.2 Å². The van der Waals surface area contributed by atoms with Crippen LogP contribution >= 0.6 is 0 Å². The van der Waals surface area contributed by atoms with Gasteiger partial charge in [-0.15, -0.1) is 0 Å². The molecule has 3 aromatic rings. The van der Waals surface area contributed by atoms with Gasteiger partial charge in [0.1, 0.15) is 11.5 Å². The molecule has 7 nitrogen and oxygen atoms in total. The predicted molar refractivity (Wildman–Crippen MR) is 99.3 cm³/mol. The van der Waals surface area contributed by atoms with Gasteiger partial charge in [0.25, 0.3) is 5.91 Å². The topological polar surface area (TPSA) is 75.9 Å². The first-order chi connectivity index (χ1) is 12.6. The number of amides is 1. The van der Waals surface area contributed by atoms with E-state index in [0.717, 1.165) is 36.1 Å². The third-order valence-corrected chi connectivity index (χ3v) is 5.19. The Labute approximate surface area is 151 Å². The van der Waals surface area contributed by atoms with Crippen LogP contribution in [0.5, 0.6) is 0 Å². The van der Waals surface area contributed by atoms with E-state index >= 15 is 0 Å². The molecule has 0 unspecified atom stereocenters. The van der Waals surface area contributed by atoms with Crippen LogP contribution in [0.2, 0.25) is 0 Å². The number of rotatable bonds is 3. The summed E-state index contributed by atoms with van der Waals surface area (Å²) in [7, 11) is 1.67. The molecule has 0 bridgehead atoms. The number of benzene rings is 1. The molecule has 2 aromatic heterocycles. The van der Waals surface area contributed by atoms with Gasteiger partial charge in [-0.3, -0.25) is 9.36 Å². The average Bonchev–Trinajstić information content (AvgIpc) is 3.22. The third kappa shape index (κ3) is 2.73. The molecule has 4 rings (SSSR count). The number of hydrogen-bond donors (Lipinski definition) is 1. The van der Waals surface area contributed by atoms with Crippen LogP contribution in [0, 0.1) is 0 Å². The van der Waals surface area contributed by atoms with Gasteiger partial charge in [-0.05, 0) is 31.9 Å². The van der Waals surface area contributed by atoms with E-state index in [2.05, 4.69) is 10.1 Å². The SMILES string of the molecule is CCn1c([C@@H]2CCCN(C(=O)c3cc4ccccc4[nH]3)C2)nn(C)c1=O. The fourth-order valence-electron chi connectivity index (χ4n) is 3.85. The molecule has 0 spiro atoms. The van der Waals surface area contributed by atoms with E-state index < -0.39 is 0 Å². The number of nitrogens with one attached hydrogen (secondary N) is 1. The summed E-state index contributed by atoms with van der Waals surface area (Å²) < 4.78 is 3.10. The highest BCUT2D eigenvalue weighted by Crippen LogP contribution is 2.26. The maximum atomic E-state index is 13.0. The highest BCUT2D eigenvalue weighted by molar-refractivity contribution is 5.98. The molecule has 1 aromatic carbocycles. The van der Waals surface area contributed by atoms with E-state index in [1.807, 2.05) is 42.2 Å². The Balaban J connectivity index is 1.59. The molecule has 0 radical (unpaired) electrons. The van der Waals surface area contributed by atoms with Gasteiger partial charge >= 0.3 is 5.69 Å². The molecule has 0 aliphatic carbocycles. The first-order valence-corrected chi connectivity index (χ1v) is 9.09. The van der Waals surface area contributed by atoms with Gasteiger partial charge in [-0.1, -0.05) is 18.2 Å².